The van der Waals surface area contributed by atoms with Crippen molar-refractivity contribution in [3.8, 4) is 0 Å². The van der Waals surface area contributed by atoms with E-state index in [9.17, 15) is 48.9 Å². The molecule has 4 aromatic rings. The van der Waals surface area contributed by atoms with Crippen molar-refractivity contribution in [2.24, 2.45) is 11.5 Å². The number of unbranched alkanes of at least 4 members (excludes halogenated alkanes) is 1. The van der Waals surface area contributed by atoms with Gasteiger partial charge in [0.25, 0.3) is 0 Å². The Kier molecular flexibility index (Phi) is 22.2. The lowest BCUT2D eigenvalue weighted by molar-refractivity contribution is -0.136. The van der Waals surface area contributed by atoms with E-state index in [1.54, 1.807) is 60.8 Å². The van der Waals surface area contributed by atoms with Gasteiger partial charge in [-0.15, -0.1) is 0 Å². The van der Waals surface area contributed by atoms with E-state index in [2.05, 4.69) is 42.2 Å². The molecule has 3 aromatic carbocycles. The summed E-state index contributed by atoms with van der Waals surface area (Å²) in [5, 5.41) is 50.5. The Morgan fingerprint density at radius 2 is 1.31 bits per heavy atom. The number of nitrogens with one attached hydrogen (secondary N) is 8. The summed E-state index contributed by atoms with van der Waals surface area (Å²) >= 11 is 0. The lowest BCUT2D eigenvalue weighted by Gasteiger charge is -2.29. The number of aliphatic hydroxyl groups is 3. The monoisotopic (exact) mass is 1020 g/mol. The fourth-order valence-electron chi connectivity index (χ4n) is 7.73. The standard InChI is InChI=1S/C49H66N10O10S2/c1-28(61)39(25-60)56-48(68)41-27-71-70-26-40(57-43(63)34(51)21-30-13-5-3-6-14-30)47(67)54-37(22-31-15-7-4-8-16-31)45(65)55-38(23-32-24-52-35-18-10-9-17-33(32)35)46(66)53-36(19-11-12-20-50)44(64)59-42(29(2)62)49(69)58-41/h3-10,13-18,24,28-29,34,36-42,52,60-62H,11-12,19-23,25-27,50-51H2,1-2H3,(H,53,66)(H,54,67)(H,55,65)(H,56,68)(H,57,63)(H,58,69)(H,59,64)/t28-,29-,34-,36?,37+,38-,39-,40+,41+,42?/m1/s1. The minimum Gasteiger partial charge on any atom is -0.394 e. The predicted octanol–water partition coefficient (Wildman–Crippen LogP) is -0.805. The lowest BCUT2D eigenvalue weighted by Crippen LogP contribution is -2.62. The molecule has 0 radical (unpaired) electrons. The second-order valence-electron chi connectivity index (χ2n) is 17.5. The largest absolute Gasteiger partial charge is 0.394 e. The highest BCUT2D eigenvalue weighted by Gasteiger charge is 2.36. The summed E-state index contributed by atoms with van der Waals surface area (Å²) in [6.45, 7) is 2.23. The summed E-state index contributed by atoms with van der Waals surface area (Å²) in [7, 11) is 2.06. The topological polar surface area (TPSA) is 332 Å². The van der Waals surface area contributed by atoms with Crippen LogP contribution < -0.4 is 48.7 Å². The van der Waals surface area contributed by atoms with Crippen molar-refractivity contribution in [3.05, 3.63) is 108 Å². The van der Waals surface area contributed by atoms with Gasteiger partial charge < -0.3 is 69.0 Å². The van der Waals surface area contributed by atoms with Crippen molar-refractivity contribution < 1.29 is 48.9 Å². The zero-order valence-corrected chi connectivity index (χ0v) is 41.3. The summed E-state index contributed by atoms with van der Waals surface area (Å²) in [4.78, 5) is 103. The van der Waals surface area contributed by atoms with E-state index in [0.717, 1.165) is 38.1 Å². The average molecular weight is 1020 g/mol. The zero-order chi connectivity index (χ0) is 51.5. The first-order valence-corrected chi connectivity index (χ1v) is 26.0. The van der Waals surface area contributed by atoms with Crippen LogP contribution in [0.1, 0.15) is 49.8 Å². The number of hydrogen-bond donors (Lipinski definition) is 13. The van der Waals surface area contributed by atoms with Crippen molar-refractivity contribution in [1.82, 2.24) is 42.2 Å². The van der Waals surface area contributed by atoms with Crippen LogP contribution in [-0.2, 0) is 52.8 Å². The number of carbonyl (C=O) groups excluding carboxylic acids is 7. The van der Waals surface area contributed by atoms with Gasteiger partial charge in [-0.3, -0.25) is 33.6 Å². The van der Waals surface area contributed by atoms with Crippen LogP contribution in [-0.4, -0.2) is 147 Å². The average Bonchev–Trinajstić information content (AvgIpc) is 3.76. The molecular formula is C49H66N10O10S2. The number of fused-ring (bicyclic) bond motifs is 1. The SMILES string of the molecule is C[C@@H](O)C1NC(=O)C(CCCCN)NC(=O)[C@@H](Cc2c[nH]c3ccccc23)NC(=O)[C@H](Cc2ccccc2)NC(=O)[C@@H](NC(=O)[C@H](N)Cc2ccccc2)CSSC[C@@H](C(=O)N[C@H](CO)[C@@H](C)O)NC1=O. The molecule has 0 bridgehead atoms. The number of nitrogens with two attached hydrogens (primary N) is 2. The predicted molar refractivity (Wildman–Crippen MR) is 272 cm³/mol. The highest BCUT2D eigenvalue weighted by Crippen LogP contribution is 2.24. The number of benzene rings is 3. The minimum absolute atomic E-state index is 0.0340. The molecule has 1 aromatic heterocycles. The fourth-order valence-corrected chi connectivity index (χ4v) is 10.1. The van der Waals surface area contributed by atoms with Crippen LogP contribution in [0.5, 0.6) is 0 Å². The van der Waals surface area contributed by atoms with Crippen molar-refractivity contribution in [1.29, 1.82) is 0 Å². The van der Waals surface area contributed by atoms with Crippen LogP contribution >= 0.6 is 21.6 Å². The van der Waals surface area contributed by atoms with Crippen LogP contribution in [0.15, 0.2) is 91.1 Å². The first kappa shape index (κ1) is 55.9. The summed E-state index contributed by atoms with van der Waals surface area (Å²) in [5.74, 6) is -6.01. The number of aromatic nitrogens is 1. The van der Waals surface area contributed by atoms with E-state index in [4.69, 9.17) is 11.5 Å². The fraction of sp³-hybridized carbons (Fsp3) is 0.449. The number of aromatic amines is 1. The molecule has 0 saturated carbocycles. The van der Waals surface area contributed by atoms with Gasteiger partial charge in [0.15, 0.2) is 0 Å². The van der Waals surface area contributed by atoms with Gasteiger partial charge >= 0.3 is 0 Å². The van der Waals surface area contributed by atoms with Gasteiger partial charge in [-0.05, 0) is 68.8 Å². The van der Waals surface area contributed by atoms with Crippen LogP contribution in [0, 0.1) is 0 Å². The van der Waals surface area contributed by atoms with Gasteiger partial charge in [-0.1, -0.05) is 100 Å². The molecule has 22 heteroatoms. The van der Waals surface area contributed by atoms with Gasteiger partial charge in [0.1, 0.15) is 36.3 Å². The second-order valence-corrected chi connectivity index (χ2v) is 20.0. The highest BCUT2D eigenvalue weighted by molar-refractivity contribution is 8.76. The second kappa shape index (κ2) is 28.1. The quantitative estimate of drug-likeness (QED) is 0.0455. The molecule has 0 spiro atoms. The molecule has 20 nitrogen and oxygen atoms in total. The molecule has 1 saturated heterocycles. The van der Waals surface area contributed by atoms with Crippen molar-refractivity contribution in [2.45, 2.75) is 113 Å². The molecule has 0 aliphatic carbocycles. The number of para-hydroxylation sites is 1. The number of rotatable bonds is 17. The molecule has 1 fully saturated rings. The maximum atomic E-state index is 14.7. The molecule has 2 unspecified atom stereocenters. The third-order valence-electron chi connectivity index (χ3n) is 11.9. The minimum atomic E-state index is -1.66. The number of amides is 7. The molecule has 10 atom stereocenters. The number of carbonyl (C=O) groups is 7. The first-order chi connectivity index (χ1) is 34.1. The maximum Gasteiger partial charge on any atom is 0.245 e. The van der Waals surface area contributed by atoms with Crippen LogP contribution in [0.25, 0.3) is 10.9 Å². The van der Waals surface area contributed by atoms with Crippen molar-refractivity contribution >= 4 is 73.8 Å². The first-order valence-electron chi connectivity index (χ1n) is 23.5. The maximum absolute atomic E-state index is 14.7. The number of aliphatic hydroxyl groups excluding tert-OH is 3. The summed E-state index contributed by atoms with van der Waals surface area (Å²) in [5.41, 5.74) is 15.0. The normalized spacial score (nSPS) is 22.8. The Labute approximate surface area is 420 Å². The Morgan fingerprint density at radius 3 is 1.96 bits per heavy atom. The number of hydrogen-bond acceptors (Lipinski definition) is 14. The third kappa shape index (κ3) is 17.1. The molecule has 1 aliphatic rings. The summed E-state index contributed by atoms with van der Waals surface area (Å²) in [6, 6.07) is 14.6. The molecule has 384 valence electrons. The summed E-state index contributed by atoms with van der Waals surface area (Å²) in [6.07, 6.45) is -0.156. The van der Waals surface area contributed by atoms with Crippen molar-refractivity contribution in [2.75, 3.05) is 24.7 Å². The van der Waals surface area contributed by atoms with Crippen LogP contribution in [0.2, 0.25) is 0 Å². The van der Waals surface area contributed by atoms with E-state index < -0.39 is 108 Å². The molecule has 2 heterocycles. The molecule has 1 aliphatic heterocycles. The Morgan fingerprint density at radius 1 is 0.718 bits per heavy atom. The van der Waals surface area contributed by atoms with E-state index >= 15 is 0 Å². The molecule has 71 heavy (non-hydrogen) atoms. The van der Waals surface area contributed by atoms with Crippen molar-refractivity contribution in [3.63, 3.8) is 0 Å². The highest BCUT2D eigenvalue weighted by atomic mass is 33.1. The van der Waals surface area contributed by atoms with Gasteiger partial charge in [0, 0.05) is 41.4 Å². The smallest absolute Gasteiger partial charge is 0.245 e. The molecular weight excluding hydrogens is 953 g/mol. The third-order valence-corrected chi connectivity index (χ3v) is 14.3. The molecule has 15 N–H and O–H groups in total. The van der Waals surface area contributed by atoms with E-state index in [1.165, 1.54) is 13.8 Å². The van der Waals surface area contributed by atoms with Gasteiger partial charge in [-0.25, -0.2) is 0 Å². The van der Waals surface area contributed by atoms with Gasteiger partial charge in [0.2, 0.25) is 41.4 Å². The van der Waals surface area contributed by atoms with Crippen LogP contribution in [0.4, 0.5) is 0 Å². The van der Waals surface area contributed by atoms with E-state index in [0.29, 0.717) is 24.0 Å². The number of H-pyrrole nitrogens is 1. The van der Waals surface area contributed by atoms with E-state index in [-0.39, 0.29) is 43.7 Å². The van der Waals surface area contributed by atoms with E-state index in [1.807, 2.05) is 30.3 Å². The zero-order valence-electron chi connectivity index (χ0n) is 39.7. The Hall–Kier alpha value is -6.01. The Balaban J connectivity index is 1.56. The van der Waals surface area contributed by atoms with Crippen LogP contribution in [0.3, 0.4) is 0 Å². The van der Waals surface area contributed by atoms with Gasteiger partial charge in [-0.2, -0.15) is 0 Å². The summed E-state index contributed by atoms with van der Waals surface area (Å²) < 4.78 is 0. The lowest BCUT2D eigenvalue weighted by atomic mass is 10.0. The molecule has 7 amide bonds. The Bertz CT molecular complexity index is 2400. The molecule has 5 rings (SSSR count). The van der Waals surface area contributed by atoms with Gasteiger partial charge in [0.05, 0.1) is 30.9 Å².